The average molecular weight is 323 g/mol. The van der Waals surface area contributed by atoms with Crippen molar-refractivity contribution < 1.29 is 4.79 Å². The fraction of sp³-hybridized carbons (Fsp3) is 0.462. The molecule has 0 unspecified atom stereocenters. The molecule has 3 heterocycles. The van der Waals surface area contributed by atoms with Crippen LogP contribution in [0.2, 0.25) is 0 Å². The van der Waals surface area contributed by atoms with Gasteiger partial charge in [-0.2, -0.15) is 0 Å². The van der Waals surface area contributed by atoms with E-state index in [4.69, 9.17) is 10.8 Å². The summed E-state index contributed by atoms with van der Waals surface area (Å²) >= 11 is 2.98. The van der Waals surface area contributed by atoms with E-state index in [-0.39, 0.29) is 5.91 Å². The molecule has 0 aliphatic carbocycles. The molecule has 0 bridgehead atoms. The number of thioether (sulfide) groups is 1. The molecule has 1 fully saturated rings. The smallest absolute Gasteiger partial charge is 0.275 e. The maximum atomic E-state index is 11.7. The van der Waals surface area contributed by atoms with Crippen LogP contribution in [0.1, 0.15) is 29.4 Å². The first-order chi connectivity index (χ1) is 10.2. The van der Waals surface area contributed by atoms with Gasteiger partial charge < -0.3 is 4.90 Å². The van der Waals surface area contributed by atoms with Crippen LogP contribution >= 0.6 is 23.1 Å². The number of aromatic nitrogens is 2. The maximum Gasteiger partial charge on any atom is 0.275 e. The zero-order valence-electron chi connectivity index (χ0n) is 11.8. The van der Waals surface area contributed by atoms with Crippen molar-refractivity contribution in [2.75, 3.05) is 23.7 Å². The minimum atomic E-state index is -0.282. The highest BCUT2D eigenvalue weighted by Gasteiger charge is 2.21. The number of rotatable bonds is 4. The van der Waals surface area contributed by atoms with Gasteiger partial charge in [0.1, 0.15) is 10.6 Å². The number of hydrazine groups is 1. The normalized spacial score (nSPS) is 14.9. The number of nitrogens with one attached hydrogen (secondary N) is 1. The van der Waals surface area contributed by atoms with Gasteiger partial charge in [0, 0.05) is 13.1 Å². The van der Waals surface area contributed by atoms with E-state index in [1.165, 1.54) is 24.2 Å². The van der Waals surface area contributed by atoms with E-state index in [1.54, 1.807) is 11.8 Å². The summed E-state index contributed by atoms with van der Waals surface area (Å²) in [4.78, 5) is 24.7. The Hall–Kier alpha value is -1.38. The monoisotopic (exact) mass is 323 g/mol. The van der Waals surface area contributed by atoms with Crippen molar-refractivity contribution >= 4 is 45.0 Å². The summed E-state index contributed by atoms with van der Waals surface area (Å²) in [6.07, 6.45) is 2.37. The van der Waals surface area contributed by atoms with Gasteiger partial charge in [-0.3, -0.25) is 10.2 Å². The van der Waals surface area contributed by atoms with Gasteiger partial charge in [-0.25, -0.2) is 15.8 Å². The van der Waals surface area contributed by atoms with E-state index in [0.717, 1.165) is 40.0 Å². The summed E-state index contributed by atoms with van der Waals surface area (Å²) in [5.41, 5.74) is 2.18. The largest absolute Gasteiger partial charge is 0.356 e. The minimum Gasteiger partial charge on any atom is -0.356 e. The van der Waals surface area contributed by atoms with Crippen molar-refractivity contribution in [3.05, 3.63) is 10.9 Å². The lowest BCUT2D eigenvalue weighted by Gasteiger charge is -2.17. The Kier molecular flexibility index (Phi) is 4.27. The van der Waals surface area contributed by atoms with Crippen molar-refractivity contribution in [1.82, 2.24) is 15.4 Å². The van der Waals surface area contributed by atoms with Crippen LogP contribution in [-0.4, -0.2) is 34.7 Å². The number of fused-ring (bicyclic) bond motifs is 1. The molecule has 1 aliphatic heterocycles. The third-order valence-electron chi connectivity index (χ3n) is 3.39. The topological polar surface area (TPSA) is 84.1 Å². The molecule has 6 nitrogen and oxygen atoms in total. The third kappa shape index (κ3) is 2.83. The second-order valence-corrected chi connectivity index (χ2v) is 7.02. The molecule has 1 aliphatic rings. The van der Waals surface area contributed by atoms with Gasteiger partial charge in [-0.15, -0.1) is 11.3 Å². The second-order valence-electron chi connectivity index (χ2n) is 4.76. The molecular formula is C13H17N5OS2. The summed E-state index contributed by atoms with van der Waals surface area (Å²) in [5, 5.41) is 1.72. The van der Waals surface area contributed by atoms with Gasteiger partial charge in [-0.1, -0.05) is 18.7 Å². The Balaban J connectivity index is 2.12. The van der Waals surface area contributed by atoms with E-state index >= 15 is 0 Å². The molecule has 3 N–H and O–H groups in total. The number of anilines is 1. The van der Waals surface area contributed by atoms with Crippen LogP contribution in [0.25, 0.3) is 10.2 Å². The summed E-state index contributed by atoms with van der Waals surface area (Å²) in [6.45, 7) is 4.10. The molecule has 1 saturated heterocycles. The second kappa shape index (κ2) is 6.17. The lowest BCUT2D eigenvalue weighted by Crippen LogP contribution is -2.29. The Labute approximate surface area is 131 Å². The summed E-state index contributed by atoms with van der Waals surface area (Å²) in [6, 6.07) is 1.84. The highest BCUT2D eigenvalue weighted by molar-refractivity contribution is 7.99. The quantitative estimate of drug-likeness (QED) is 0.294. The zero-order valence-corrected chi connectivity index (χ0v) is 13.4. The number of nitrogens with two attached hydrogens (primary N) is 1. The van der Waals surface area contributed by atoms with E-state index < -0.39 is 0 Å². The molecular weight excluding hydrogens is 306 g/mol. The number of hydrogen-bond acceptors (Lipinski definition) is 7. The van der Waals surface area contributed by atoms with Gasteiger partial charge in [0.15, 0.2) is 5.16 Å². The minimum absolute atomic E-state index is 0.282. The summed E-state index contributed by atoms with van der Waals surface area (Å²) < 4.78 is 0. The SMILES string of the molecule is CCSc1nc(N2CCCC2)c2cc(C(=O)NN)sc2n1. The number of carbonyl (C=O) groups is 1. The predicted octanol–water partition coefficient (Wildman–Crippen LogP) is 2.01. The number of amides is 1. The molecule has 2 aromatic heterocycles. The van der Waals surface area contributed by atoms with Crippen LogP contribution in [0.15, 0.2) is 11.2 Å². The summed E-state index contributed by atoms with van der Waals surface area (Å²) in [7, 11) is 0. The standard InChI is InChI=1S/C13H17N5OS2/c1-2-20-13-15-10(18-5-3-4-6-18)8-7-9(11(19)17-14)21-12(8)16-13/h7H,2-6,14H2,1H3,(H,17,19). The van der Waals surface area contributed by atoms with Crippen LogP contribution in [0.5, 0.6) is 0 Å². The molecule has 2 aromatic rings. The molecule has 8 heteroatoms. The van der Waals surface area contributed by atoms with Crippen LogP contribution in [0.4, 0.5) is 5.82 Å². The van der Waals surface area contributed by atoms with E-state index in [1.807, 2.05) is 6.07 Å². The van der Waals surface area contributed by atoms with Crippen LogP contribution < -0.4 is 16.2 Å². The molecule has 0 saturated carbocycles. The van der Waals surface area contributed by atoms with E-state index in [0.29, 0.717) is 4.88 Å². The van der Waals surface area contributed by atoms with Crippen LogP contribution in [0.3, 0.4) is 0 Å². The number of carbonyl (C=O) groups excluding carboxylic acids is 1. The van der Waals surface area contributed by atoms with Crippen LogP contribution in [0, 0.1) is 0 Å². The first kappa shape index (κ1) is 14.6. The van der Waals surface area contributed by atoms with E-state index in [9.17, 15) is 4.79 Å². The molecule has 0 radical (unpaired) electrons. The Morgan fingerprint density at radius 2 is 2.24 bits per heavy atom. The van der Waals surface area contributed by atoms with Crippen molar-refractivity contribution in [2.24, 2.45) is 5.84 Å². The third-order valence-corrected chi connectivity index (χ3v) is 5.14. The Morgan fingerprint density at radius 1 is 1.48 bits per heavy atom. The number of hydrogen-bond donors (Lipinski definition) is 2. The molecule has 21 heavy (non-hydrogen) atoms. The van der Waals surface area contributed by atoms with E-state index in [2.05, 4.69) is 22.2 Å². The number of thiophene rings is 1. The van der Waals surface area contributed by atoms with Gasteiger partial charge >= 0.3 is 0 Å². The van der Waals surface area contributed by atoms with Crippen molar-refractivity contribution in [3.63, 3.8) is 0 Å². The maximum absolute atomic E-state index is 11.7. The highest BCUT2D eigenvalue weighted by Crippen LogP contribution is 2.34. The number of nitrogens with zero attached hydrogens (tertiary/aromatic N) is 3. The molecule has 3 rings (SSSR count). The van der Waals surface area contributed by atoms with Crippen molar-refractivity contribution in [3.8, 4) is 0 Å². The highest BCUT2D eigenvalue weighted by atomic mass is 32.2. The predicted molar refractivity (Wildman–Crippen MR) is 86.9 cm³/mol. The molecule has 0 atom stereocenters. The van der Waals surface area contributed by atoms with Gasteiger partial charge in [0.2, 0.25) is 0 Å². The van der Waals surface area contributed by atoms with Gasteiger partial charge in [-0.05, 0) is 24.7 Å². The summed E-state index contributed by atoms with van der Waals surface area (Å²) in [5.74, 6) is 6.81. The van der Waals surface area contributed by atoms with Gasteiger partial charge in [0.25, 0.3) is 5.91 Å². The fourth-order valence-corrected chi connectivity index (χ4v) is 3.99. The molecule has 0 spiro atoms. The number of nitrogen functional groups attached to an aromatic ring is 1. The van der Waals surface area contributed by atoms with Crippen LogP contribution in [-0.2, 0) is 0 Å². The molecule has 0 aromatic carbocycles. The fourth-order valence-electron chi connectivity index (χ4n) is 2.43. The Bertz CT molecular complexity index is 666. The van der Waals surface area contributed by atoms with Crippen molar-refractivity contribution in [2.45, 2.75) is 24.9 Å². The first-order valence-corrected chi connectivity index (χ1v) is 8.73. The first-order valence-electron chi connectivity index (χ1n) is 6.93. The lowest BCUT2D eigenvalue weighted by molar-refractivity contribution is 0.0958. The lowest BCUT2D eigenvalue weighted by atomic mass is 10.3. The van der Waals surface area contributed by atoms with Crippen molar-refractivity contribution in [1.29, 1.82) is 0 Å². The van der Waals surface area contributed by atoms with Gasteiger partial charge in [0.05, 0.1) is 10.3 Å². The molecule has 112 valence electrons. The average Bonchev–Trinajstić information content (AvgIpc) is 3.15. The zero-order chi connectivity index (χ0) is 14.8. The Morgan fingerprint density at radius 3 is 2.90 bits per heavy atom. The molecule has 1 amide bonds.